The molecule has 5 amide bonds. The first-order valence-electron chi connectivity index (χ1n) is 43.5. The van der Waals surface area contributed by atoms with E-state index in [2.05, 4.69) is 26.6 Å². The Morgan fingerprint density at radius 2 is 0.441 bits per heavy atom. The molecule has 11 saturated heterocycles. The van der Waals surface area contributed by atoms with Gasteiger partial charge in [0.25, 0.3) is 0 Å². The van der Waals surface area contributed by atoms with Crippen LogP contribution in [0, 0.1) is 0 Å². The maximum absolute atomic E-state index is 13.5. The Morgan fingerprint density at radius 3 is 0.816 bits per heavy atom. The van der Waals surface area contributed by atoms with Crippen molar-refractivity contribution < 1.29 is 272 Å². The highest BCUT2D eigenvalue weighted by Gasteiger charge is 2.64. The molecule has 786 valence electrons. The quantitative estimate of drug-likeness (QED) is 0.0280. The third kappa shape index (κ3) is 24.6. The lowest BCUT2D eigenvalue weighted by atomic mass is 9.93. The maximum Gasteiger partial charge on any atom is 0.217 e. The zero-order chi connectivity index (χ0) is 100. The van der Waals surface area contributed by atoms with E-state index >= 15 is 0 Å². The van der Waals surface area contributed by atoms with Crippen molar-refractivity contribution in [2.45, 2.75) is 379 Å². The van der Waals surface area contributed by atoms with Crippen molar-refractivity contribution in [3.05, 3.63) is 0 Å². The van der Waals surface area contributed by atoms with Crippen LogP contribution in [0.25, 0.3) is 0 Å². The first-order chi connectivity index (χ1) is 64.3. The van der Waals surface area contributed by atoms with Crippen molar-refractivity contribution in [1.82, 2.24) is 26.6 Å². The van der Waals surface area contributed by atoms with Gasteiger partial charge in [-0.15, -0.1) is 0 Å². The number of nitrogens with one attached hydrogen (secondary N) is 5. The molecule has 11 aliphatic rings. The summed E-state index contributed by atoms with van der Waals surface area (Å²) in [5.41, 5.74) is 0. The number of carbonyl (C=O) groups is 5. The van der Waals surface area contributed by atoms with Gasteiger partial charge in [-0.05, 0) is 6.92 Å². The van der Waals surface area contributed by atoms with Gasteiger partial charge in [0.1, 0.15) is 262 Å². The Labute approximate surface area is 770 Å². The number of rotatable bonds is 35. The van der Waals surface area contributed by atoms with Crippen molar-refractivity contribution in [2.75, 3.05) is 66.1 Å². The predicted molar refractivity (Wildman–Crippen MR) is 419 cm³/mol. The third-order valence-electron chi connectivity index (χ3n) is 25.0. The van der Waals surface area contributed by atoms with E-state index in [4.69, 9.17) is 99.5 Å². The molecule has 11 rings (SSSR count). The number of amides is 5. The zero-order valence-corrected chi connectivity index (χ0v) is 73.4. The van der Waals surface area contributed by atoms with E-state index in [1.807, 2.05) is 0 Å². The number of carbonyl (C=O) groups excluding carboxylic acids is 5. The van der Waals surface area contributed by atoms with E-state index in [-0.39, 0.29) is 0 Å². The second-order valence-electron chi connectivity index (χ2n) is 34.5. The fourth-order valence-electron chi connectivity index (χ4n) is 17.8. The van der Waals surface area contributed by atoms with E-state index in [0.717, 1.165) is 34.6 Å². The van der Waals surface area contributed by atoms with Gasteiger partial charge in [-0.1, -0.05) is 0 Å². The monoisotopic (exact) mass is 1990 g/mol. The predicted octanol–water partition coefficient (Wildman–Crippen LogP) is -23.2. The molecule has 55 atom stereocenters. The second-order valence-corrected chi connectivity index (χ2v) is 34.5. The summed E-state index contributed by atoms with van der Waals surface area (Å²) < 4.78 is 128. The van der Waals surface area contributed by atoms with Crippen LogP contribution >= 0.6 is 0 Å². The molecular weight excluding hydrogens is 1860 g/mol. The Bertz CT molecular complexity index is 3760. The molecule has 0 aliphatic carbocycles. The Hall–Kier alpha value is -4.65. The summed E-state index contributed by atoms with van der Waals surface area (Å²) in [6.45, 7) is -6.27. The lowest BCUT2D eigenvalue weighted by molar-refractivity contribution is -0.409. The summed E-state index contributed by atoms with van der Waals surface area (Å²) in [7, 11) is 0. The normalized spacial score (nSPS) is 49.2. The Kier molecular flexibility index (Phi) is 40.1. The van der Waals surface area contributed by atoms with Gasteiger partial charge < -0.3 is 274 Å². The molecule has 11 fully saturated rings. The van der Waals surface area contributed by atoms with Crippen molar-refractivity contribution in [2.24, 2.45) is 0 Å². The van der Waals surface area contributed by atoms with E-state index in [1.54, 1.807) is 0 Å². The molecule has 0 aromatic heterocycles. The Balaban J connectivity index is 1.01. The van der Waals surface area contributed by atoms with Crippen LogP contribution < -0.4 is 26.6 Å². The molecule has 136 heavy (non-hydrogen) atoms. The minimum Gasteiger partial charge on any atom is -0.394 e. The molecule has 0 unspecified atom stereocenters. The molecule has 0 aromatic rings. The van der Waals surface area contributed by atoms with Crippen molar-refractivity contribution in [3.8, 4) is 0 Å². The number of aliphatic hydroxyl groups is 29. The van der Waals surface area contributed by atoms with Gasteiger partial charge in [-0.3, -0.25) is 24.0 Å². The first-order valence-corrected chi connectivity index (χ1v) is 43.5. The van der Waals surface area contributed by atoms with Gasteiger partial charge in [0.2, 0.25) is 29.5 Å². The van der Waals surface area contributed by atoms with Crippen LogP contribution in [0.15, 0.2) is 0 Å². The van der Waals surface area contributed by atoms with Crippen LogP contribution in [0.1, 0.15) is 41.5 Å². The summed E-state index contributed by atoms with van der Waals surface area (Å²) in [5, 5.41) is 340. The largest absolute Gasteiger partial charge is 0.394 e. The zero-order valence-electron chi connectivity index (χ0n) is 73.4. The first kappa shape index (κ1) is 112. The fourth-order valence-corrected chi connectivity index (χ4v) is 17.8. The summed E-state index contributed by atoms with van der Waals surface area (Å²) in [4.78, 5) is 65.5. The van der Waals surface area contributed by atoms with Gasteiger partial charge in [0.15, 0.2) is 69.2 Å². The van der Waals surface area contributed by atoms with Gasteiger partial charge >= 0.3 is 0 Å². The molecule has 11 heterocycles. The fraction of sp³-hybridized carbons (Fsp3) is 0.934. The number of hydrogen-bond acceptors (Lipinski definition) is 55. The van der Waals surface area contributed by atoms with Gasteiger partial charge in [-0.25, -0.2) is 0 Å². The van der Waals surface area contributed by atoms with Crippen LogP contribution in [-0.2, 0) is 123 Å². The van der Waals surface area contributed by atoms with E-state index in [9.17, 15) is 172 Å². The van der Waals surface area contributed by atoms with E-state index in [1.165, 1.54) is 6.92 Å². The minimum atomic E-state index is -2.81. The highest BCUT2D eigenvalue weighted by atomic mass is 16.8. The third-order valence-corrected chi connectivity index (χ3v) is 25.0. The molecule has 0 bridgehead atoms. The molecular formula is C76H127N5O55. The summed E-state index contributed by atoms with van der Waals surface area (Å²) in [5.74, 6) is -4.94. The van der Waals surface area contributed by atoms with Crippen LogP contribution in [0.5, 0.6) is 0 Å². The van der Waals surface area contributed by atoms with Crippen LogP contribution in [-0.4, -0.2) is 581 Å². The van der Waals surface area contributed by atoms with Crippen molar-refractivity contribution in [3.63, 3.8) is 0 Å². The maximum atomic E-state index is 13.5. The van der Waals surface area contributed by atoms with E-state index in [0.29, 0.717) is 0 Å². The second kappa shape index (κ2) is 48.8. The molecule has 0 spiro atoms. The van der Waals surface area contributed by atoms with E-state index < -0.39 is 433 Å². The lowest BCUT2D eigenvalue weighted by Crippen LogP contribution is -2.71. The van der Waals surface area contributed by atoms with Crippen molar-refractivity contribution >= 4 is 29.5 Å². The molecule has 0 aromatic carbocycles. The SMILES string of the molecule is CC(=O)N[C@@H]1[C@@H](O)[C@H](O[C@@H]2O[C@H](CO)[C@@H](O[C@@H]3O[C@H](CO[C@H]4O[C@H](CO)[C@@H](O)[C@H](O)[C@@H]4O[C@@H]4O[C@H](CO)[C@@H](O[C@@H]5O[C@H](CO)[C@H](O)[C@H](O)[C@H]5O[C@@H]5O[C@@H](C)[C@@H](O)[C@@H](O)[C@@H]5O)[C@H](O)[C@H]4NC(C)=O)[C@@H](O[C@@H]4O[C@H](CO)[C@@H](O)[C@H](O)[C@H]4NC(C)=O)[C@H](O[C@H]4O[C@H](CO)[C@@H](O)[C@H](O)[C@@H]4O[C@@H]4O[C@H](CO)[C@@H](O[C@@H]5O[C@H](CO)[C@H](O)[C@H](O)[C@H]5O)[C@H](O)[C@H]4NC(C)=O)[C@@H]3O)[C@H](O)[C@H]2NC(C)=O)[C@@H](CO)O[C@H]1O. The number of aliphatic hydroxyl groups excluding tert-OH is 29. The van der Waals surface area contributed by atoms with Gasteiger partial charge in [0, 0.05) is 34.6 Å². The highest BCUT2D eigenvalue weighted by Crippen LogP contribution is 2.43. The average molecular weight is 1990 g/mol. The highest BCUT2D eigenvalue weighted by molar-refractivity contribution is 5.75. The molecule has 34 N–H and O–H groups in total. The average Bonchev–Trinajstić information content (AvgIpc) is 0.753. The molecule has 60 nitrogen and oxygen atoms in total. The minimum absolute atomic E-state index is 0.835. The topological polar surface area (TPSA) is 926 Å². The van der Waals surface area contributed by atoms with Gasteiger partial charge in [-0.2, -0.15) is 0 Å². The summed E-state index contributed by atoms with van der Waals surface area (Å²) >= 11 is 0. The van der Waals surface area contributed by atoms with Crippen LogP contribution in [0.3, 0.4) is 0 Å². The van der Waals surface area contributed by atoms with Crippen molar-refractivity contribution in [1.29, 1.82) is 0 Å². The molecule has 0 radical (unpaired) electrons. The smallest absolute Gasteiger partial charge is 0.217 e. The number of hydrogen-bond donors (Lipinski definition) is 34. The number of ether oxygens (including phenoxy) is 21. The lowest BCUT2D eigenvalue weighted by Gasteiger charge is -2.52. The van der Waals surface area contributed by atoms with Gasteiger partial charge in [0.05, 0.1) is 72.2 Å². The summed E-state index contributed by atoms with van der Waals surface area (Å²) in [6, 6.07) is -10.0. The summed E-state index contributed by atoms with van der Waals surface area (Å²) in [6.07, 6.45) is -109. The van der Waals surface area contributed by atoms with Crippen LogP contribution in [0.4, 0.5) is 0 Å². The molecule has 11 aliphatic heterocycles. The van der Waals surface area contributed by atoms with Crippen LogP contribution in [0.2, 0.25) is 0 Å². The molecule has 60 heteroatoms. The standard InChI is InChI=1S/C76H127N5O55/c1-17-38(96)49(107)54(112)71(117-17)136-65-53(111)43(101)26(10-85)122-75(65)131-60-31(15-90)126-69(37(48(60)106)81-22(6)95)134-63-51(109)41(99)25(9-84)121-74(63)116-16-32-61(132-67-34(78-19(3)92)44(102)39(97)23(7-82)119-67)62(56(114)73(127-32)130-59-30(14-89)124-68(35(46(59)104)79-20(4)93)128-57-28(12-87)118-66(115)33(45(57)103)77-18(2)91)133-76-64(52(110)42(100)27(11-86)123-76)135-70-36(80-21(5)94)47(105)58(29(13-88)125-70)129-72-55(113)50(108)40(98)24(8-83)120-72/h17,23-76,82-90,96-115H,7-16H2,1-6H3,(H,77,91)(H,78,92)(H,79,93)(H,80,94)(H,81,95)/t17-,23+,24+,25+,26+,27+,28+,29+,30+,31+,32+,33+,34+,35+,36+,37+,38+,39+,40-,41+,42+,43-,44+,45+,46+,47+,48+,49+,50-,51-,52-,53-,54-,55+,56-,57+,58+,59+,60+,61+,62+,63-,64-,65+,66+,67-,68-,69-,70-,71-,72-,73-,74-,75-,76+/m0/s1. The Morgan fingerprint density at radius 1 is 0.206 bits per heavy atom. The molecule has 0 saturated carbocycles.